The number of hydrogen-bond donors (Lipinski definition) is 1. The lowest BCUT2D eigenvalue weighted by Gasteiger charge is -2.06. The van der Waals surface area contributed by atoms with E-state index in [0.717, 1.165) is 21.3 Å². The number of thiocarbonyl (C=S) groups is 1. The molecule has 3 aromatic rings. The number of hydrogen-bond acceptors (Lipinski definition) is 4. The van der Waals surface area contributed by atoms with Crippen LogP contribution in [0.5, 0.6) is 0 Å². The number of halogens is 1. The predicted octanol–water partition coefficient (Wildman–Crippen LogP) is 2.41. The van der Waals surface area contributed by atoms with Crippen molar-refractivity contribution in [2.75, 3.05) is 0 Å². The van der Waals surface area contributed by atoms with Gasteiger partial charge in [-0.3, -0.25) is 4.57 Å². The molecular formula is C13H10BrN5S. The van der Waals surface area contributed by atoms with Crippen LogP contribution in [-0.2, 0) is 6.42 Å². The summed E-state index contributed by atoms with van der Waals surface area (Å²) in [7, 11) is 0. The molecule has 2 N–H and O–H groups in total. The molecule has 3 rings (SSSR count). The van der Waals surface area contributed by atoms with Crippen molar-refractivity contribution in [3.8, 4) is 5.95 Å². The molecule has 5 nitrogen and oxygen atoms in total. The molecule has 0 fully saturated rings. The first-order valence-corrected chi connectivity index (χ1v) is 7.08. The summed E-state index contributed by atoms with van der Waals surface area (Å²) in [6.45, 7) is 0. The van der Waals surface area contributed by atoms with Crippen molar-refractivity contribution in [3.05, 3.63) is 47.0 Å². The average Bonchev–Trinajstić information content (AvgIpc) is 2.77. The van der Waals surface area contributed by atoms with Gasteiger partial charge in [-0.25, -0.2) is 15.0 Å². The number of nitrogens with zero attached hydrogens (tertiary/aromatic N) is 4. The van der Waals surface area contributed by atoms with Crippen LogP contribution >= 0.6 is 28.1 Å². The molecule has 0 atom stereocenters. The Morgan fingerprint density at radius 2 is 1.95 bits per heavy atom. The Bertz CT molecular complexity index is 781. The second-order valence-electron chi connectivity index (χ2n) is 4.20. The predicted molar refractivity (Wildman–Crippen MR) is 84.8 cm³/mol. The van der Waals surface area contributed by atoms with E-state index in [1.807, 2.05) is 28.8 Å². The number of nitrogens with two attached hydrogens (primary N) is 1. The highest BCUT2D eigenvalue weighted by molar-refractivity contribution is 9.10. The monoisotopic (exact) mass is 347 g/mol. The normalized spacial score (nSPS) is 10.8. The smallest absolute Gasteiger partial charge is 0.235 e. The standard InChI is InChI=1S/C13H10BrN5S/c14-8-6-16-13(17-7-8)19-10-4-2-1-3-9(10)18-12(19)5-11(15)20/h1-4,6-7H,5H2,(H2,15,20). The first-order chi connectivity index (χ1) is 9.65. The molecule has 100 valence electrons. The highest BCUT2D eigenvalue weighted by Gasteiger charge is 2.14. The second-order valence-corrected chi connectivity index (χ2v) is 5.64. The lowest BCUT2D eigenvalue weighted by molar-refractivity contribution is 0.884. The zero-order chi connectivity index (χ0) is 14.1. The Kier molecular flexibility index (Phi) is 3.45. The molecule has 0 aliphatic carbocycles. The molecule has 0 unspecified atom stereocenters. The largest absolute Gasteiger partial charge is 0.393 e. The molecule has 1 aromatic carbocycles. The third-order valence-corrected chi connectivity index (χ3v) is 3.32. The quantitative estimate of drug-likeness (QED) is 0.736. The van der Waals surface area contributed by atoms with E-state index in [4.69, 9.17) is 18.0 Å². The van der Waals surface area contributed by atoms with Crippen molar-refractivity contribution in [2.24, 2.45) is 5.73 Å². The van der Waals surface area contributed by atoms with E-state index in [2.05, 4.69) is 30.9 Å². The maximum Gasteiger partial charge on any atom is 0.235 e. The first kappa shape index (κ1) is 13.1. The molecule has 2 heterocycles. The maximum absolute atomic E-state index is 5.65. The SMILES string of the molecule is NC(=S)Cc1nc2ccccc2n1-c1ncc(Br)cn1. The molecule has 0 radical (unpaired) electrons. The number of imidazole rings is 1. The lowest BCUT2D eigenvalue weighted by Crippen LogP contribution is -2.15. The van der Waals surface area contributed by atoms with Crippen LogP contribution in [0.3, 0.4) is 0 Å². The second kappa shape index (κ2) is 5.26. The topological polar surface area (TPSA) is 69.6 Å². The van der Waals surface area contributed by atoms with Crippen LogP contribution in [-0.4, -0.2) is 24.5 Å². The fraction of sp³-hybridized carbons (Fsp3) is 0.0769. The summed E-state index contributed by atoms with van der Waals surface area (Å²) in [5.41, 5.74) is 7.44. The molecule has 0 bridgehead atoms. The van der Waals surface area contributed by atoms with E-state index in [-0.39, 0.29) is 0 Å². The van der Waals surface area contributed by atoms with Crippen molar-refractivity contribution in [1.82, 2.24) is 19.5 Å². The van der Waals surface area contributed by atoms with Crippen molar-refractivity contribution in [2.45, 2.75) is 6.42 Å². The Morgan fingerprint density at radius 1 is 1.25 bits per heavy atom. The van der Waals surface area contributed by atoms with Crippen LogP contribution in [0.2, 0.25) is 0 Å². The van der Waals surface area contributed by atoms with Gasteiger partial charge >= 0.3 is 0 Å². The number of benzene rings is 1. The molecule has 0 aliphatic rings. The van der Waals surface area contributed by atoms with Gasteiger partial charge in [0.1, 0.15) is 5.82 Å². The molecule has 20 heavy (non-hydrogen) atoms. The Morgan fingerprint density at radius 3 is 2.65 bits per heavy atom. The van der Waals surface area contributed by atoms with E-state index in [9.17, 15) is 0 Å². The lowest BCUT2D eigenvalue weighted by atomic mass is 10.3. The molecule has 0 saturated heterocycles. The zero-order valence-electron chi connectivity index (χ0n) is 10.3. The van der Waals surface area contributed by atoms with Crippen molar-refractivity contribution in [1.29, 1.82) is 0 Å². The summed E-state index contributed by atoms with van der Waals surface area (Å²) in [4.78, 5) is 13.6. The Labute approximate surface area is 129 Å². The molecule has 0 aliphatic heterocycles. The molecule has 0 saturated carbocycles. The van der Waals surface area contributed by atoms with Gasteiger partial charge < -0.3 is 5.73 Å². The molecule has 0 spiro atoms. The minimum absolute atomic E-state index is 0.388. The van der Waals surface area contributed by atoms with Crippen LogP contribution in [0, 0.1) is 0 Å². The first-order valence-electron chi connectivity index (χ1n) is 5.88. The number of aromatic nitrogens is 4. The van der Waals surface area contributed by atoms with E-state index in [1.54, 1.807) is 12.4 Å². The van der Waals surface area contributed by atoms with Crippen LogP contribution in [0.4, 0.5) is 0 Å². The average molecular weight is 348 g/mol. The molecular weight excluding hydrogens is 338 g/mol. The van der Waals surface area contributed by atoms with E-state index < -0.39 is 0 Å². The van der Waals surface area contributed by atoms with Gasteiger partial charge in [0.05, 0.1) is 26.9 Å². The van der Waals surface area contributed by atoms with Gasteiger partial charge in [-0.1, -0.05) is 24.4 Å². The minimum atomic E-state index is 0.388. The van der Waals surface area contributed by atoms with Crippen LogP contribution < -0.4 is 5.73 Å². The fourth-order valence-corrected chi connectivity index (χ4v) is 2.33. The van der Waals surface area contributed by atoms with Crippen molar-refractivity contribution < 1.29 is 0 Å². The molecule has 2 aromatic heterocycles. The van der Waals surface area contributed by atoms with Crippen molar-refractivity contribution in [3.63, 3.8) is 0 Å². The zero-order valence-corrected chi connectivity index (χ0v) is 12.7. The summed E-state index contributed by atoms with van der Waals surface area (Å²) in [6.07, 6.45) is 3.80. The van der Waals surface area contributed by atoms with Gasteiger partial charge in [0, 0.05) is 12.4 Å². The van der Waals surface area contributed by atoms with Gasteiger partial charge in [-0.2, -0.15) is 0 Å². The van der Waals surface area contributed by atoms with Crippen LogP contribution in [0.25, 0.3) is 17.0 Å². The number of fused-ring (bicyclic) bond motifs is 1. The van der Waals surface area contributed by atoms with Gasteiger partial charge in [0.15, 0.2) is 0 Å². The summed E-state index contributed by atoms with van der Waals surface area (Å²) in [5, 5.41) is 0. The van der Waals surface area contributed by atoms with Gasteiger partial charge in [0.25, 0.3) is 0 Å². The summed E-state index contributed by atoms with van der Waals surface area (Å²) in [5.74, 6) is 1.29. The number of para-hydroxylation sites is 2. The number of rotatable bonds is 3. The Hall–Kier alpha value is -1.86. The summed E-state index contributed by atoms with van der Waals surface area (Å²) < 4.78 is 2.70. The van der Waals surface area contributed by atoms with Crippen molar-refractivity contribution >= 4 is 44.2 Å². The van der Waals surface area contributed by atoms with Crippen LogP contribution in [0.15, 0.2) is 41.1 Å². The molecule has 0 amide bonds. The highest BCUT2D eigenvalue weighted by atomic mass is 79.9. The third kappa shape index (κ3) is 2.41. The fourth-order valence-electron chi connectivity index (χ4n) is 1.99. The minimum Gasteiger partial charge on any atom is -0.393 e. The van der Waals surface area contributed by atoms with Gasteiger partial charge in [-0.05, 0) is 28.1 Å². The van der Waals surface area contributed by atoms with Crippen LogP contribution in [0.1, 0.15) is 5.82 Å². The van der Waals surface area contributed by atoms with Gasteiger partial charge in [0.2, 0.25) is 5.95 Å². The Balaban J connectivity index is 2.25. The summed E-state index contributed by atoms with van der Waals surface area (Å²) >= 11 is 8.32. The molecule has 7 heteroatoms. The highest BCUT2D eigenvalue weighted by Crippen LogP contribution is 2.20. The van der Waals surface area contributed by atoms with E-state index in [0.29, 0.717) is 17.4 Å². The van der Waals surface area contributed by atoms with E-state index >= 15 is 0 Å². The maximum atomic E-state index is 5.65. The third-order valence-electron chi connectivity index (χ3n) is 2.77. The summed E-state index contributed by atoms with van der Waals surface area (Å²) in [6, 6.07) is 7.79. The van der Waals surface area contributed by atoms with E-state index in [1.165, 1.54) is 0 Å². The van der Waals surface area contributed by atoms with Gasteiger partial charge in [-0.15, -0.1) is 0 Å².